The molecule has 2 nitrogen and oxygen atoms in total. The Morgan fingerprint density at radius 1 is 0.800 bits per heavy atom. The van der Waals surface area contributed by atoms with Crippen LogP contribution in [0.2, 0.25) is 0 Å². The molecule has 2 heteroatoms. The van der Waals surface area contributed by atoms with Crippen molar-refractivity contribution in [3.63, 3.8) is 0 Å². The SMILES string of the molecule is c1c[nH]c(-c2ccc[nH]2)c1. The molecule has 0 atom stereocenters. The van der Waals surface area contributed by atoms with E-state index in [1.807, 2.05) is 36.7 Å². The third-order valence-electron chi connectivity index (χ3n) is 1.49. The predicted molar refractivity (Wildman–Crippen MR) is 40.6 cm³/mol. The van der Waals surface area contributed by atoms with Crippen LogP contribution in [0.5, 0.6) is 0 Å². The van der Waals surface area contributed by atoms with E-state index in [1.54, 1.807) is 0 Å². The molecule has 0 saturated heterocycles. The van der Waals surface area contributed by atoms with Gasteiger partial charge in [0.05, 0.1) is 11.4 Å². The second kappa shape index (κ2) is 2.06. The Morgan fingerprint density at radius 3 is 1.60 bits per heavy atom. The molecule has 0 spiro atoms. The Hall–Kier alpha value is -1.44. The first kappa shape index (κ1) is 5.35. The van der Waals surface area contributed by atoms with Gasteiger partial charge in [0, 0.05) is 12.4 Å². The largest absolute Gasteiger partial charge is 0.360 e. The van der Waals surface area contributed by atoms with E-state index in [4.69, 9.17) is 0 Å². The molecular formula is C8H8N2. The van der Waals surface area contributed by atoms with E-state index in [2.05, 4.69) is 9.97 Å². The average Bonchev–Trinajstić information content (AvgIpc) is 2.59. The summed E-state index contributed by atoms with van der Waals surface area (Å²) in [5, 5.41) is 0. The van der Waals surface area contributed by atoms with Crippen LogP contribution in [0.15, 0.2) is 36.7 Å². The molecule has 0 aliphatic carbocycles. The van der Waals surface area contributed by atoms with Crippen molar-refractivity contribution in [2.75, 3.05) is 0 Å². The predicted octanol–water partition coefficient (Wildman–Crippen LogP) is 2.01. The van der Waals surface area contributed by atoms with Gasteiger partial charge in [-0.05, 0) is 24.3 Å². The summed E-state index contributed by atoms with van der Waals surface area (Å²) >= 11 is 0. The van der Waals surface area contributed by atoms with Crippen LogP contribution < -0.4 is 0 Å². The monoisotopic (exact) mass is 132 g/mol. The number of hydrogen-bond acceptors (Lipinski definition) is 0. The standard InChI is InChI=1S/C8H8N2/c1-3-7(9-5-1)8-4-2-6-10-8/h1-6,9-10H. The highest BCUT2D eigenvalue weighted by molar-refractivity contribution is 5.53. The van der Waals surface area contributed by atoms with Crippen LogP contribution in [0.3, 0.4) is 0 Å². The first-order valence-electron chi connectivity index (χ1n) is 3.24. The molecule has 10 heavy (non-hydrogen) atoms. The molecule has 0 unspecified atom stereocenters. The molecule has 2 heterocycles. The number of aromatic nitrogens is 2. The summed E-state index contributed by atoms with van der Waals surface area (Å²) in [5.74, 6) is 0. The molecule has 0 bridgehead atoms. The third-order valence-corrected chi connectivity index (χ3v) is 1.49. The minimum Gasteiger partial charge on any atom is -0.360 e. The molecule has 0 aromatic carbocycles. The summed E-state index contributed by atoms with van der Waals surface area (Å²) in [6.07, 6.45) is 3.83. The van der Waals surface area contributed by atoms with Crippen LogP contribution in [-0.2, 0) is 0 Å². The van der Waals surface area contributed by atoms with E-state index in [0.717, 1.165) is 11.4 Å². The summed E-state index contributed by atoms with van der Waals surface area (Å²) in [6, 6.07) is 8.03. The van der Waals surface area contributed by atoms with Crippen LogP contribution in [0.4, 0.5) is 0 Å². The molecule has 0 fully saturated rings. The van der Waals surface area contributed by atoms with Gasteiger partial charge in [-0.1, -0.05) is 0 Å². The molecule has 2 N–H and O–H groups in total. The summed E-state index contributed by atoms with van der Waals surface area (Å²) in [7, 11) is 0. The van der Waals surface area contributed by atoms with Gasteiger partial charge in [-0.15, -0.1) is 0 Å². The minimum absolute atomic E-state index is 1.13. The summed E-state index contributed by atoms with van der Waals surface area (Å²) in [4.78, 5) is 6.22. The highest BCUT2D eigenvalue weighted by Crippen LogP contribution is 2.12. The molecule has 0 saturated carbocycles. The lowest BCUT2D eigenvalue weighted by molar-refractivity contribution is 1.33. The fraction of sp³-hybridized carbons (Fsp3) is 0. The van der Waals surface area contributed by atoms with Crippen molar-refractivity contribution in [2.45, 2.75) is 0 Å². The second-order valence-corrected chi connectivity index (χ2v) is 2.17. The maximum Gasteiger partial charge on any atom is 0.0619 e. The molecule has 2 aromatic rings. The van der Waals surface area contributed by atoms with E-state index in [9.17, 15) is 0 Å². The van der Waals surface area contributed by atoms with Crippen molar-refractivity contribution in [3.8, 4) is 11.4 Å². The Kier molecular flexibility index (Phi) is 1.10. The molecule has 0 aliphatic heterocycles. The third kappa shape index (κ3) is 0.739. The number of nitrogens with one attached hydrogen (secondary N) is 2. The van der Waals surface area contributed by atoms with Gasteiger partial charge in [0.1, 0.15) is 0 Å². The van der Waals surface area contributed by atoms with Crippen LogP contribution in [0, 0.1) is 0 Å². The molecule has 50 valence electrons. The normalized spacial score (nSPS) is 10.0. The Bertz CT molecular complexity index is 247. The summed E-state index contributed by atoms with van der Waals surface area (Å²) < 4.78 is 0. The molecule has 2 rings (SSSR count). The topological polar surface area (TPSA) is 31.6 Å². The van der Waals surface area contributed by atoms with Crippen LogP contribution in [0.1, 0.15) is 0 Å². The van der Waals surface area contributed by atoms with Crippen molar-refractivity contribution >= 4 is 0 Å². The highest BCUT2D eigenvalue weighted by atomic mass is 14.8. The Morgan fingerprint density at radius 2 is 1.30 bits per heavy atom. The fourth-order valence-corrected chi connectivity index (χ4v) is 0.996. The Balaban J connectivity index is 2.48. The second-order valence-electron chi connectivity index (χ2n) is 2.17. The van der Waals surface area contributed by atoms with Crippen LogP contribution in [0.25, 0.3) is 11.4 Å². The number of rotatable bonds is 1. The van der Waals surface area contributed by atoms with Crippen molar-refractivity contribution in [2.24, 2.45) is 0 Å². The van der Waals surface area contributed by atoms with E-state index >= 15 is 0 Å². The first-order valence-corrected chi connectivity index (χ1v) is 3.24. The highest BCUT2D eigenvalue weighted by Gasteiger charge is 1.94. The van der Waals surface area contributed by atoms with Crippen LogP contribution >= 0.6 is 0 Å². The van der Waals surface area contributed by atoms with Gasteiger partial charge in [0.15, 0.2) is 0 Å². The van der Waals surface area contributed by atoms with Gasteiger partial charge in [0.25, 0.3) is 0 Å². The molecule has 0 aliphatic rings. The van der Waals surface area contributed by atoms with Gasteiger partial charge >= 0.3 is 0 Å². The summed E-state index contributed by atoms with van der Waals surface area (Å²) in [5.41, 5.74) is 2.26. The zero-order valence-corrected chi connectivity index (χ0v) is 5.46. The average molecular weight is 132 g/mol. The van der Waals surface area contributed by atoms with Crippen molar-refractivity contribution < 1.29 is 0 Å². The molecule has 0 radical (unpaired) electrons. The van der Waals surface area contributed by atoms with E-state index in [1.165, 1.54) is 0 Å². The number of H-pyrrole nitrogens is 2. The maximum atomic E-state index is 3.11. The molecular weight excluding hydrogens is 124 g/mol. The molecule has 2 aromatic heterocycles. The first-order chi connectivity index (χ1) is 4.97. The zero-order valence-electron chi connectivity index (χ0n) is 5.46. The van der Waals surface area contributed by atoms with Crippen molar-refractivity contribution in [1.82, 2.24) is 9.97 Å². The number of aromatic amines is 2. The van der Waals surface area contributed by atoms with Gasteiger partial charge in [-0.25, -0.2) is 0 Å². The smallest absolute Gasteiger partial charge is 0.0619 e. The zero-order chi connectivity index (χ0) is 6.81. The molecule has 0 amide bonds. The minimum atomic E-state index is 1.13. The van der Waals surface area contributed by atoms with Gasteiger partial charge in [-0.3, -0.25) is 0 Å². The summed E-state index contributed by atoms with van der Waals surface area (Å²) in [6.45, 7) is 0. The van der Waals surface area contributed by atoms with Gasteiger partial charge in [-0.2, -0.15) is 0 Å². The van der Waals surface area contributed by atoms with Crippen LogP contribution in [-0.4, -0.2) is 9.97 Å². The quantitative estimate of drug-likeness (QED) is 0.594. The number of hydrogen-bond donors (Lipinski definition) is 2. The lowest BCUT2D eigenvalue weighted by atomic mass is 10.3. The fourth-order valence-electron chi connectivity index (χ4n) is 0.996. The maximum absolute atomic E-state index is 3.11. The van der Waals surface area contributed by atoms with Crippen molar-refractivity contribution in [1.29, 1.82) is 0 Å². The lowest BCUT2D eigenvalue weighted by Crippen LogP contribution is -1.72. The lowest BCUT2D eigenvalue weighted by Gasteiger charge is -1.88. The van der Waals surface area contributed by atoms with E-state index in [-0.39, 0.29) is 0 Å². The Labute approximate surface area is 58.9 Å². The van der Waals surface area contributed by atoms with E-state index < -0.39 is 0 Å². The van der Waals surface area contributed by atoms with Gasteiger partial charge in [0.2, 0.25) is 0 Å². The van der Waals surface area contributed by atoms with Crippen molar-refractivity contribution in [3.05, 3.63) is 36.7 Å². The van der Waals surface area contributed by atoms with E-state index in [0.29, 0.717) is 0 Å². The van der Waals surface area contributed by atoms with Gasteiger partial charge < -0.3 is 9.97 Å².